The molecule has 0 saturated carbocycles. The summed E-state index contributed by atoms with van der Waals surface area (Å²) < 4.78 is 0. The highest BCUT2D eigenvalue weighted by atomic mass is 35.5. The predicted octanol–water partition coefficient (Wildman–Crippen LogP) is 0.924. The van der Waals surface area contributed by atoms with E-state index in [1.54, 1.807) is 23.1 Å². The normalized spacial score (nSPS) is 14.2. The van der Waals surface area contributed by atoms with Crippen molar-refractivity contribution in [2.75, 3.05) is 24.5 Å². The quantitative estimate of drug-likeness (QED) is 0.863. The molecule has 0 bridgehead atoms. The second-order valence-corrected chi connectivity index (χ2v) is 4.24. The van der Waals surface area contributed by atoms with Crippen LogP contribution in [0.2, 0.25) is 0 Å². The molecule has 0 aromatic heterocycles. The molecule has 0 unspecified atom stereocenters. The Morgan fingerprint density at radius 1 is 1.42 bits per heavy atom. The smallest absolute Gasteiger partial charge is 0.251 e. The number of amides is 2. The van der Waals surface area contributed by atoms with Gasteiger partial charge < -0.3 is 16.0 Å². The van der Waals surface area contributed by atoms with Crippen LogP contribution >= 0.6 is 12.4 Å². The number of benzene rings is 1. The van der Waals surface area contributed by atoms with Crippen molar-refractivity contribution in [2.24, 2.45) is 5.73 Å². The summed E-state index contributed by atoms with van der Waals surface area (Å²) in [7, 11) is 0. The lowest BCUT2D eigenvalue weighted by Gasteiger charge is -2.16. The Labute approximate surface area is 118 Å². The number of carbonyl (C=O) groups is 2. The van der Waals surface area contributed by atoms with Crippen LogP contribution < -0.4 is 16.0 Å². The first kappa shape index (κ1) is 15.5. The summed E-state index contributed by atoms with van der Waals surface area (Å²) in [6, 6.07) is 7.12. The molecule has 1 fully saturated rings. The lowest BCUT2D eigenvalue weighted by atomic mass is 10.1. The predicted molar refractivity (Wildman–Crippen MR) is 76.7 cm³/mol. The standard InChI is InChI=1S/C13H17N3O2.ClH/c14-6-7-15-13(18)10-3-1-4-11(9-10)16-8-2-5-12(16)17;/h1,3-4,9H,2,5-8,14H2,(H,15,18);1H. The molecule has 0 aliphatic carbocycles. The zero-order valence-electron chi connectivity index (χ0n) is 10.6. The maximum Gasteiger partial charge on any atom is 0.251 e. The molecular weight excluding hydrogens is 266 g/mol. The zero-order chi connectivity index (χ0) is 13.0. The molecule has 2 amide bonds. The number of anilines is 1. The molecule has 1 aromatic rings. The monoisotopic (exact) mass is 283 g/mol. The fraction of sp³-hybridized carbons (Fsp3) is 0.385. The summed E-state index contributed by atoms with van der Waals surface area (Å²) in [6.07, 6.45) is 1.46. The molecule has 1 aromatic carbocycles. The van der Waals surface area contributed by atoms with Gasteiger partial charge in [0.2, 0.25) is 5.91 Å². The van der Waals surface area contributed by atoms with Gasteiger partial charge in [0.05, 0.1) is 0 Å². The lowest BCUT2D eigenvalue weighted by Crippen LogP contribution is -2.29. The fourth-order valence-corrected chi connectivity index (χ4v) is 2.02. The van der Waals surface area contributed by atoms with Gasteiger partial charge in [0.1, 0.15) is 0 Å². The first-order valence-electron chi connectivity index (χ1n) is 6.11. The number of hydrogen-bond acceptors (Lipinski definition) is 3. The van der Waals surface area contributed by atoms with E-state index in [0.717, 1.165) is 18.7 Å². The first-order chi connectivity index (χ1) is 8.72. The largest absolute Gasteiger partial charge is 0.351 e. The summed E-state index contributed by atoms with van der Waals surface area (Å²) in [6.45, 7) is 1.59. The lowest BCUT2D eigenvalue weighted by molar-refractivity contribution is -0.117. The van der Waals surface area contributed by atoms with Gasteiger partial charge in [-0.1, -0.05) is 6.07 Å². The van der Waals surface area contributed by atoms with Gasteiger partial charge in [-0.3, -0.25) is 9.59 Å². The molecule has 5 nitrogen and oxygen atoms in total. The van der Waals surface area contributed by atoms with Crippen LogP contribution in [-0.2, 0) is 4.79 Å². The second-order valence-electron chi connectivity index (χ2n) is 4.24. The van der Waals surface area contributed by atoms with Crippen molar-refractivity contribution in [3.8, 4) is 0 Å². The Bertz CT molecular complexity index is 465. The number of rotatable bonds is 4. The van der Waals surface area contributed by atoms with E-state index >= 15 is 0 Å². The topological polar surface area (TPSA) is 75.4 Å². The molecule has 0 radical (unpaired) electrons. The van der Waals surface area contributed by atoms with E-state index in [1.165, 1.54) is 0 Å². The molecule has 0 spiro atoms. The summed E-state index contributed by atoms with van der Waals surface area (Å²) >= 11 is 0. The summed E-state index contributed by atoms with van der Waals surface area (Å²) in [5.41, 5.74) is 6.68. The third kappa shape index (κ3) is 3.68. The molecular formula is C13H18ClN3O2. The second kappa shape index (κ2) is 7.11. The average Bonchev–Trinajstić information content (AvgIpc) is 2.82. The Kier molecular flexibility index (Phi) is 5.79. The van der Waals surface area contributed by atoms with Crippen LogP contribution in [0.15, 0.2) is 24.3 Å². The van der Waals surface area contributed by atoms with Crippen LogP contribution in [-0.4, -0.2) is 31.4 Å². The average molecular weight is 284 g/mol. The number of carbonyl (C=O) groups excluding carboxylic acids is 2. The van der Waals surface area contributed by atoms with Gasteiger partial charge in [-0.25, -0.2) is 0 Å². The van der Waals surface area contributed by atoms with Gasteiger partial charge in [0, 0.05) is 37.3 Å². The molecule has 1 heterocycles. The van der Waals surface area contributed by atoms with E-state index in [2.05, 4.69) is 5.32 Å². The SMILES string of the molecule is Cl.NCCNC(=O)c1cccc(N2CCCC2=O)c1. The van der Waals surface area contributed by atoms with Crippen molar-refractivity contribution in [3.63, 3.8) is 0 Å². The molecule has 0 atom stereocenters. The minimum atomic E-state index is -0.158. The summed E-state index contributed by atoms with van der Waals surface area (Å²) in [5.74, 6) is -0.0385. The maximum absolute atomic E-state index is 11.8. The van der Waals surface area contributed by atoms with E-state index in [4.69, 9.17) is 5.73 Å². The fourth-order valence-electron chi connectivity index (χ4n) is 2.02. The van der Waals surface area contributed by atoms with Crippen molar-refractivity contribution >= 4 is 29.9 Å². The Hall–Kier alpha value is -1.59. The first-order valence-corrected chi connectivity index (χ1v) is 6.11. The molecule has 1 aliphatic rings. The van der Waals surface area contributed by atoms with Gasteiger partial charge >= 0.3 is 0 Å². The highest BCUT2D eigenvalue weighted by Crippen LogP contribution is 2.22. The molecule has 1 aliphatic heterocycles. The third-order valence-electron chi connectivity index (χ3n) is 2.92. The van der Waals surface area contributed by atoms with E-state index in [0.29, 0.717) is 25.1 Å². The van der Waals surface area contributed by atoms with E-state index in [-0.39, 0.29) is 24.2 Å². The molecule has 2 rings (SSSR count). The van der Waals surface area contributed by atoms with Crippen molar-refractivity contribution in [1.29, 1.82) is 0 Å². The summed E-state index contributed by atoms with van der Waals surface area (Å²) in [4.78, 5) is 25.1. The van der Waals surface area contributed by atoms with Gasteiger partial charge in [0.15, 0.2) is 0 Å². The van der Waals surface area contributed by atoms with Crippen molar-refractivity contribution in [1.82, 2.24) is 5.32 Å². The van der Waals surface area contributed by atoms with Gasteiger partial charge in [-0.2, -0.15) is 0 Å². The molecule has 3 N–H and O–H groups in total. The number of nitrogens with two attached hydrogens (primary N) is 1. The third-order valence-corrected chi connectivity index (χ3v) is 2.92. The molecule has 1 saturated heterocycles. The van der Waals surface area contributed by atoms with Crippen molar-refractivity contribution in [2.45, 2.75) is 12.8 Å². The van der Waals surface area contributed by atoms with E-state index < -0.39 is 0 Å². The van der Waals surface area contributed by atoms with Crippen LogP contribution in [0.5, 0.6) is 0 Å². The highest BCUT2D eigenvalue weighted by Gasteiger charge is 2.22. The summed E-state index contributed by atoms with van der Waals surface area (Å²) in [5, 5.41) is 2.71. The van der Waals surface area contributed by atoms with Crippen LogP contribution in [0.4, 0.5) is 5.69 Å². The minimum Gasteiger partial charge on any atom is -0.351 e. The Balaban J connectivity index is 0.00000180. The van der Waals surface area contributed by atoms with E-state index in [1.807, 2.05) is 6.07 Å². The molecule has 104 valence electrons. The number of nitrogens with zero attached hydrogens (tertiary/aromatic N) is 1. The molecule has 19 heavy (non-hydrogen) atoms. The van der Waals surface area contributed by atoms with Crippen molar-refractivity contribution < 1.29 is 9.59 Å². The Morgan fingerprint density at radius 3 is 2.84 bits per heavy atom. The van der Waals surface area contributed by atoms with Crippen LogP contribution in [0.1, 0.15) is 23.2 Å². The van der Waals surface area contributed by atoms with Crippen LogP contribution in [0, 0.1) is 0 Å². The van der Waals surface area contributed by atoms with Crippen LogP contribution in [0.25, 0.3) is 0 Å². The zero-order valence-corrected chi connectivity index (χ0v) is 11.4. The van der Waals surface area contributed by atoms with Gasteiger partial charge in [0.25, 0.3) is 5.91 Å². The number of halogens is 1. The van der Waals surface area contributed by atoms with Crippen molar-refractivity contribution in [3.05, 3.63) is 29.8 Å². The maximum atomic E-state index is 11.8. The van der Waals surface area contributed by atoms with Crippen LogP contribution in [0.3, 0.4) is 0 Å². The molecule has 6 heteroatoms. The van der Waals surface area contributed by atoms with Gasteiger partial charge in [-0.05, 0) is 24.6 Å². The number of hydrogen-bond donors (Lipinski definition) is 2. The highest BCUT2D eigenvalue weighted by molar-refractivity contribution is 5.99. The van der Waals surface area contributed by atoms with E-state index in [9.17, 15) is 9.59 Å². The van der Waals surface area contributed by atoms with Gasteiger partial charge in [-0.15, -0.1) is 12.4 Å². The number of nitrogens with one attached hydrogen (secondary N) is 1. The Morgan fingerprint density at radius 2 is 2.21 bits per heavy atom. The minimum absolute atomic E-state index is 0.